The molecule has 0 amide bonds. The molecule has 1 rings (SSSR count). The predicted octanol–water partition coefficient (Wildman–Crippen LogP) is 1.17. The summed E-state index contributed by atoms with van der Waals surface area (Å²) in [5.74, 6) is -0.393. The highest BCUT2D eigenvalue weighted by Crippen LogP contribution is 2.26. The maximum absolute atomic E-state index is 13.3. The second kappa shape index (κ2) is 5.15. The Morgan fingerprint density at radius 1 is 1.44 bits per heavy atom. The topological polar surface area (TPSA) is 78.5 Å². The third kappa shape index (κ3) is 2.96. The molecule has 1 aromatic carbocycles. The van der Waals surface area contributed by atoms with Crippen LogP contribution < -0.4 is 11.1 Å². The van der Waals surface area contributed by atoms with Crippen molar-refractivity contribution < 1.29 is 14.6 Å². The molecule has 0 bridgehead atoms. The average Bonchev–Trinajstić information content (AvgIpc) is 2.25. The Balaban J connectivity index is 3.01. The number of aliphatic hydroxyl groups excluding tert-OH is 2. The smallest absolute Gasteiger partial charge is 0.138 e. The van der Waals surface area contributed by atoms with Crippen molar-refractivity contribution in [1.82, 2.24) is 0 Å². The van der Waals surface area contributed by atoms with Gasteiger partial charge in [0.2, 0.25) is 0 Å². The number of nitrogens with two attached hydrogens (primary N) is 1. The van der Waals surface area contributed by atoms with Crippen LogP contribution in [0.3, 0.4) is 0 Å². The SMILES string of the molecule is CC(CO)(CO)Nc1cc(F)c(I)cc1N. The summed E-state index contributed by atoms with van der Waals surface area (Å²) in [4.78, 5) is 0. The van der Waals surface area contributed by atoms with Crippen LogP contribution in [0.1, 0.15) is 6.92 Å². The van der Waals surface area contributed by atoms with Crippen molar-refractivity contribution in [3.05, 3.63) is 21.5 Å². The van der Waals surface area contributed by atoms with E-state index < -0.39 is 11.4 Å². The molecule has 0 spiro atoms. The Bertz CT molecular complexity index is 383. The number of aliphatic hydroxyl groups is 2. The Morgan fingerprint density at radius 2 is 2.00 bits per heavy atom. The van der Waals surface area contributed by atoms with Crippen LogP contribution in [0.2, 0.25) is 0 Å². The van der Waals surface area contributed by atoms with Crippen LogP contribution >= 0.6 is 22.6 Å². The van der Waals surface area contributed by atoms with E-state index in [1.54, 1.807) is 6.92 Å². The van der Waals surface area contributed by atoms with Gasteiger partial charge in [0.1, 0.15) is 5.82 Å². The lowest BCUT2D eigenvalue weighted by atomic mass is 10.0. The van der Waals surface area contributed by atoms with Crippen LogP contribution in [0.5, 0.6) is 0 Å². The van der Waals surface area contributed by atoms with Crippen molar-refractivity contribution in [2.24, 2.45) is 0 Å². The Hall–Kier alpha value is -0.600. The first-order valence-electron chi connectivity index (χ1n) is 4.66. The van der Waals surface area contributed by atoms with Gasteiger partial charge in [-0.25, -0.2) is 4.39 Å². The van der Waals surface area contributed by atoms with Gasteiger partial charge in [-0.3, -0.25) is 0 Å². The van der Waals surface area contributed by atoms with Crippen LogP contribution in [0.15, 0.2) is 12.1 Å². The molecule has 4 nitrogen and oxygen atoms in total. The van der Waals surface area contributed by atoms with E-state index in [0.717, 1.165) is 0 Å². The second-order valence-electron chi connectivity index (χ2n) is 3.86. The zero-order valence-corrected chi connectivity index (χ0v) is 11.0. The molecule has 0 atom stereocenters. The van der Waals surface area contributed by atoms with Gasteiger partial charge in [0.05, 0.1) is 33.7 Å². The lowest BCUT2D eigenvalue weighted by Gasteiger charge is -2.28. The monoisotopic (exact) mass is 340 g/mol. The van der Waals surface area contributed by atoms with Gasteiger partial charge in [-0.05, 0) is 35.6 Å². The zero-order valence-electron chi connectivity index (χ0n) is 8.80. The van der Waals surface area contributed by atoms with E-state index in [2.05, 4.69) is 5.32 Å². The fraction of sp³-hybridized carbons (Fsp3) is 0.400. The number of nitrogens with one attached hydrogen (secondary N) is 1. The van der Waals surface area contributed by atoms with Crippen LogP contribution in [0, 0.1) is 9.39 Å². The quantitative estimate of drug-likeness (QED) is 0.490. The van der Waals surface area contributed by atoms with E-state index in [1.807, 2.05) is 22.6 Å². The molecular weight excluding hydrogens is 326 g/mol. The summed E-state index contributed by atoms with van der Waals surface area (Å²) in [7, 11) is 0. The minimum atomic E-state index is -0.923. The molecule has 0 aliphatic carbocycles. The predicted molar refractivity (Wildman–Crippen MR) is 69.7 cm³/mol. The molecule has 0 unspecified atom stereocenters. The third-order valence-corrected chi connectivity index (χ3v) is 3.05. The largest absolute Gasteiger partial charge is 0.397 e. The molecule has 1 aromatic rings. The minimum absolute atomic E-state index is 0.281. The molecule has 0 heterocycles. The molecule has 0 radical (unpaired) electrons. The molecule has 0 aromatic heterocycles. The highest BCUT2D eigenvalue weighted by atomic mass is 127. The second-order valence-corrected chi connectivity index (χ2v) is 5.02. The van der Waals surface area contributed by atoms with E-state index in [4.69, 9.17) is 15.9 Å². The first-order chi connectivity index (χ1) is 7.41. The van der Waals surface area contributed by atoms with Crippen molar-refractivity contribution in [3.63, 3.8) is 0 Å². The summed E-state index contributed by atoms with van der Waals surface area (Å²) in [6.45, 7) is 1.05. The summed E-state index contributed by atoms with van der Waals surface area (Å²) in [5.41, 5.74) is 5.52. The first kappa shape index (κ1) is 13.5. The molecule has 0 fully saturated rings. The molecule has 0 saturated heterocycles. The van der Waals surface area contributed by atoms with E-state index in [0.29, 0.717) is 14.9 Å². The van der Waals surface area contributed by atoms with Gasteiger partial charge in [-0.1, -0.05) is 0 Å². The number of hydrogen-bond acceptors (Lipinski definition) is 4. The van der Waals surface area contributed by atoms with Crippen molar-refractivity contribution in [2.75, 3.05) is 24.3 Å². The van der Waals surface area contributed by atoms with E-state index in [9.17, 15) is 4.39 Å². The van der Waals surface area contributed by atoms with Gasteiger partial charge in [0, 0.05) is 6.07 Å². The summed E-state index contributed by atoms with van der Waals surface area (Å²) < 4.78 is 13.7. The number of anilines is 2. The minimum Gasteiger partial charge on any atom is -0.397 e. The molecule has 6 heteroatoms. The van der Waals surface area contributed by atoms with Crippen LogP contribution in [-0.4, -0.2) is 29.0 Å². The normalized spacial score (nSPS) is 11.6. The molecule has 0 aliphatic heterocycles. The molecule has 0 saturated carbocycles. The number of hydrogen-bond donors (Lipinski definition) is 4. The fourth-order valence-corrected chi connectivity index (χ4v) is 1.62. The van der Waals surface area contributed by atoms with E-state index in [1.165, 1.54) is 12.1 Å². The van der Waals surface area contributed by atoms with Gasteiger partial charge in [-0.2, -0.15) is 0 Å². The highest BCUT2D eigenvalue weighted by molar-refractivity contribution is 14.1. The maximum atomic E-state index is 13.3. The number of rotatable bonds is 4. The summed E-state index contributed by atoms with van der Waals surface area (Å²) in [6.07, 6.45) is 0. The first-order valence-corrected chi connectivity index (χ1v) is 5.74. The fourth-order valence-electron chi connectivity index (χ4n) is 1.12. The van der Waals surface area contributed by atoms with E-state index >= 15 is 0 Å². The third-order valence-electron chi connectivity index (χ3n) is 2.23. The van der Waals surface area contributed by atoms with Crippen LogP contribution in [0.25, 0.3) is 0 Å². The maximum Gasteiger partial charge on any atom is 0.138 e. The highest BCUT2D eigenvalue weighted by Gasteiger charge is 2.23. The van der Waals surface area contributed by atoms with Crippen molar-refractivity contribution in [2.45, 2.75) is 12.5 Å². The van der Waals surface area contributed by atoms with E-state index in [-0.39, 0.29) is 13.2 Å². The van der Waals surface area contributed by atoms with Crippen LogP contribution in [0.4, 0.5) is 15.8 Å². The standard InChI is InChI=1S/C10H14FIN2O2/c1-10(4-15,5-16)14-9-2-6(11)7(12)3-8(9)13/h2-3,14-16H,4-5,13H2,1H3. The van der Waals surface area contributed by atoms with Crippen molar-refractivity contribution >= 4 is 34.0 Å². The molecular formula is C10H14FIN2O2. The van der Waals surface area contributed by atoms with Gasteiger partial charge in [0.15, 0.2) is 0 Å². The molecule has 16 heavy (non-hydrogen) atoms. The molecule has 90 valence electrons. The number of benzene rings is 1. The Morgan fingerprint density at radius 3 is 2.50 bits per heavy atom. The average molecular weight is 340 g/mol. The van der Waals surface area contributed by atoms with Gasteiger partial charge in [0.25, 0.3) is 0 Å². The molecule has 5 N–H and O–H groups in total. The number of halogens is 2. The zero-order chi connectivity index (χ0) is 12.3. The lowest BCUT2D eigenvalue weighted by Crippen LogP contribution is -2.42. The van der Waals surface area contributed by atoms with Crippen LogP contribution in [-0.2, 0) is 0 Å². The molecule has 0 aliphatic rings. The van der Waals surface area contributed by atoms with Crippen molar-refractivity contribution in [1.29, 1.82) is 0 Å². The Labute approximate surface area is 107 Å². The Kier molecular flexibility index (Phi) is 4.34. The van der Waals surface area contributed by atoms with Crippen molar-refractivity contribution in [3.8, 4) is 0 Å². The summed E-state index contributed by atoms with van der Waals surface area (Å²) in [6, 6.07) is 2.74. The summed E-state index contributed by atoms with van der Waals surface area (Å²) >= 11 is 1.84. The number of nitrogen functional groups attached to an aromatic ring is 1. The summed E-state index contributed by atoms with van der Waals surface area (Å²) in [5, 5.41) is 21.0. The van der Waals surface area contributed by atoms with Gasteiger partial charge < -0.3 is 21.3 Å². The van der Waals surface area contributed by atoms with Gasteiger partial charge >= 0.3 is 0 Å². The van der Waals surface area contributed by atoms with Gasteiger partial charge in [-0.15, -0.1) is 0 Å². The lowest BCUT2D eigenvalue weighted by molar-refractivity contribution is 0.147.